The molecule has 0 saturated carbocycles. The standard InChI is InChI=1S/C48H30O.C44H28O.3CH4.7H2/c1-2-12-33(13-3-1)47-40-16-6-8-18-42(40)48(43-19-9-7-17-41(43)47)34-23-21-31(22-24-34)35-26-28-45-44(29-35)39-27-25-36(30-46(39)49-45)38-20-10-14-32-11-4-5-15-37(32)38;1-3-13-29(14-4-1)34-22-11-23-39-43-33(21-12-24-40(43)45-44(34)39)30-25-27-32(28-26-30)42-37-19-9-7-17-35(37)41(31-15-5-2-6-16-31)36-18-8-10-20-38(36)42;;;;;;;;;;/h1-30H;1-28H;3*1H4;7*1H/i6D,8D,16D,18D;1D,3D,4D,7D,8D,9D,10D,13D,14D;3*1D;7*1+1D. The first-order valence-electron chi connectivity index (χ1n) is 47.7. The van der Waals surface area contributed by atoms with Crippen molar-refractivity contribution < 1.29 is 51.6 Å². The van der Waals surface area contributed by atoms with E-state index in [9.17, 15) is 0 Å². The average molecular weight is 1290 g/mol. The molecule has 0 aliphatic rings. The van der Waals surface area contributed by atoms with Gasteiger partial charge in [-0.05, 0) is 168 Å². The lowest BCUT2D eigenvalue weighted by Gasteiger charge is -2.18. The third kappa shape index (κ3) is 10.5. The molecule has 2 aromatic heterocycles. The van der Waals surface area contributed by atoms with Crippen LogP contribution in [0, 0.1) is 0 Å². The van der Waals surface area contributed by atoms with Crippen molar-refractivity contribution in [2.75, 3.05) is 0 Å². The van der Waals surface area contributed by atoms with Crippen LogP contribution >= 0.6 is 0 Å². The molecule has 19 rings (SSSR count). The number of fused-ring (bicyclic) bond motifs is 11. The summed E-state index contributed by atoms with van der Waals surface area (Å²) >= 11 is 0. The van der Waals surface area contributed by atoms with Crippen molar-refractivity contribution in [2.24, 2.45) is 0 Å². The van der Waals surface area contributed by atoms with Crippen molar-refractivity contribution in [1.82, 2.24) is 0 Å². The minimum atomic E-state index is -0.452. The maximum Gasteiger partial charge on any atom is 0.143 e. The summed E-state index contributed by atoms with van der Waals surface area (Å²) < 4.78 is 212. The summed E-state index contributed by atoms with van der Waals surface area (Å²) in [5.74, 6) is 0. The van der Waals surface area contributed by atoms with E-state index in [-0.39, 0.29) is 66.0 Å². The normalized spacial score (nSPS) is 13.9. The molecule has 0 aliphatic heterocycles. The summed E-state index contributed by atoms with van der Waals surface area (Å²) in [5.41, 5.74) is 16.2. The Morgan fingerprint density at radius 3 is 1.30 bits per heavy atom. The molecule has 0 amide bonds. The Hall–Kier alpha value is -12.4. The van der Waals surface area contributed by atoms with Gasteiger partial charge in [0.05, 0.1) is 17.8 Å². The van der Waals surface area contributed by atoms with Gasteiger partial charge in [-0.3, -0.25) is 0 Å². The molecule has 17 aromatic carbocycles. The monoisotopic (exact) mass is 1290 g/mol. The first kappa shape index (κ1) is 40.0. The van der Waals surface area contributed by atoms with Gasteiger partial charge in [-0.25, -0.2) is 0 Å². The summed E-state index contributed by atoms with van der Waals surface area (Å²) in [6.45, 7) is 0. The van der Waals surface area contributed by atoms with Crippen molar-refractivity contribution in [3.8, 4) is 89.0 Å². The predicted octanol–water partition coefficient (Wildman–Crippen LogP) is 29.9. The van der Waals surface area contributed by atoms with Crippen LogP contribution in [0.1, 0.15) is 64.9 Å². The van der Waals surface area contributed by atoms with E-state index in [0.29, 0.717) is 27.5 Å². The molecule has 19 aromatic rings. The van der Waals surface area contributed by atoms with Crippen LogP contribution in [0.5, 0.6) is 0 Å². The van der Waals surface area contributed by atoms with Gasteiger partial charge in [-0.1, -0.05) is 343 Å². The van der Waals surface area contributed by atoms with Gasteiger partial charge in [-0.2, -0.15) is 0 Å². The fraction of sp³-hybridized carbons (Fsp3) is 0.0316. The molecule has 476 valence electrons. The number of rotatable bonds is 8. The molecule has 2 heteroatoms. The Balaban J connectivity index is 0.000000263. The Kier molecular flexibility index (Phi) is 10.5. The molecule has 0 fully saturated rings. The molecule has 0 aliphatic carbocycles. The fourth-order valence-electron chi connectivity index (χ4n) is 14.1. The van der Waals surface area contributed by atoms with Gasteiger partial charge in [0.2, 0.25) is 0 Å². The Morgan fingerprint density at radius 1 is 0.237 bits per heavy atom. The lowest BCUT2D eigenvalue weighted by atomic mass is 9.85. The van der Waals surface area contributed by atoms with E-state index < -0.39 is 18.1 Å². The Morgan fingerprint density at radius 2 is 0.680 bits per heavy atom. The van der Waals surface area contributed by atoms with E-state index in [1.807, 2.05) is 133 Å². The zero-order chi connectivity index (χ0) is 93.4. The molecule has 2 nitrogen and oxygen atoms in total. The molecule has 2 heterocycles. The van der Waals surface area contributed by atoms with Crippen LogP contribution in [0.15, 0.2) is 360 Å². The second-order valence-corrected chi connectivity index (χ2v) is 23.5. The summed E-state index contributed by atoms with van der Waals surface area (Å²) in [7, 11) is 3.75. The first-order chi connectivity index (χ1) is 62.0. The number of hydrogen-bond donors (Lipinski definition) is 0. The zero-order valence-electron chi connectivity index (χ0n) is 83.3. The smallest absolute Gasteiger partial charge is 0.143 e. The molecule has 0 atom stereocenters. The molecule has 0 spiro atoms. The van der Waals surface area contributed by atoms with Crippen molar-refractivity contribution in [3.63, 3.8) is 0 Å². The predicted molar refractivity (Wildman–Crippen MR) is 433 cm³/mol. The fourth-order valence-corrected chi connectivity index (χ4v) is 14.1. The van der Waals surface area contributed by atoms with E-state index >= 15 is 0 Å². The highest BCUT2D eigenvalue weighted by Gasteiger charge is 2.21. The van der Waals surface area contributed by atoms with Gasteiger partial charge in [0.15, 0.2) is 0 Å². The second kappa shape index (κ2) is 25.5. The van der Waals surface area contributed by atoms with Crippen molar-refractivity contribution >= 4 is 97.7 Å². The highest BCUT2D eigenvalue weighted by Crippen LogP contribution is 2.48. The second-order valence-electron chi connectivity index (χ2n) is 23.5. The van der Waals surface area contributed by atoms with Gasteiger partial charge in [0, 0.05) is 52.0 Å². The van der Waals surface area contributed by atoms with Crippen molar-refractivity contribution in [1.29, 1.82) is 0 Å². The van der Waals surface area contributed by atoms with Crippen LogP contribution in [-0.2, 0) is 0 Å². The quantitative estimate of drug-likeness (QED) is 0.142. The molecule has 0 N–H and O–H groups in total. The summed E-state index contributed by atoms with van der Waals surface area (Å²) in [4.78, 5) is 0. The molecule has 97 heavy (non-hydrogen) atoms. The van der Waals surface area contributed by atoms with Crippen molar-refractivity contribution in [3.05, 3.63) is 352 Å². The third-order valence-corrected chi connectivity index (χ3v) is 18.3. The summed E-state index contributed by atoms with van der Waals surface area (Å²) in [5, 5.41) is 12.1. The summed E-state index contributed by atoms with van der Waals surface area (Å²) in [6, 6.07) is 87.7. The largest absolute Gasteiger partial charge is 0.456 e. The minimum absolute atomic E-state index is 0.0339. The van der Waals surface area contributed by atoms with Crippen LogP contribution in [0.4, 0.5) is 0 Å². The molecule has 0 saturated heterocycles. The summed E-state index contributed by atoms with van der Waals surface area (Å²) in [6.07, 6.45) is 0. The van der Waals surface area contributed by atoms with Gasteiger partial charge < -0.3 is 8.83 Å². The average Bonchev–Trinajstić information content (AvgIpc) is 1.44. The molecular formula is C95H84O2. The number of furan rings is 2. The molecule has 0 radical (unpaired) electrons. The topological polar surface area (TPSA) is 26.3 Å². The van der Waals surface area contributed by atoms with E-state index in [4.69, 9.17) is 51.6 Å². The highest BCUT2D eigenvalue weighted by molar-refractivity contribution is 6.23. The van der Waals surface area contributed by atoms with E-state index in [1.54, 1.807) is 36.4 Å². The number of para-hydroxylation sites is 1. The van der Waals surface area contributed by atoms with Gasteiger partial charge >= 0.3 is 0 Å². The SMILES string of the molecule is [2H]C.[2H]C.[2H]C.[2H][2H].[2H][2H].[2H][2H].[2H][2H].[2H][2H].[2H][2H].[2H][2H].[2H]c1c([2H])c([2H])c2c(-c3ccc(-c4ccc5oc6cc(-c7cccc8ccccc78)ccc6c5c4)cc3)c3ccccc3c(-c3ccccc3)c2c1[2H].[2H]c1cc2c(-c3ccccc3)c3cc([2H])c([2H])cc3c(-c3ccc(-c4cccc5oc6c(-c7c([2H])c([2H])c([2H])c([2H])c7[2H])cccc6c45)cc3)c2cc1[2H]. The van der Waals surface area contributed by atoms with Gasteiger partial charge in [-0.15, -0.1) is 0 Å². The maximum absolute atomic E-state index is 9.15. The van der Waals surface area contributed by atoms with Gasteiger partial charge in [0.25, 0.3) is 0 Å². The van der Waals surface area contributed by atoms with Crippen LogP contribution in [0.3, 0.4) is 0 Å². The molecular weight excluding hydrogens is 1170 g/mol. The minimum Gasteiger partial charge on any atom is -0.456 e. The zero-order valence-corrected chi connectivity index (χ0v) is 53.3. The molecule has 0 bridgehead atoms. The molecule has 0 unspecified atom stereocenters. The van der Waals surface area contributed by atoms with Crippen LogP contribution in [0.25, 0.3) is 187 Å². The first-order valence-corrected chi connectivity index (χ1v) is 31.2. The highest BCUT2D eigenvalue weighted by atomic mass is 16.3. The Labute approximate surface area is 610 Å². The number of benzene rings is 17. The van der Waals surface area contributed by atoms with Crippen LogP contribution in [-0.4, -0.2) is 0 Å². The lowest BCUT2D eigenvalue weighted by molar-refractivity contribution is 0.669. The Bertz CT molecular complexity index is 6890. The van der Waals surface area contributed by atoms with E-state index in [0.717, 1.165) is 137 Å². The van der Waals surface area contributed by atoms with E-state index in [2.05, 4.69) is 103 Å². The number of hydrogen-bond acceptors (Lipinski definition) is 2. The van der Waals surface area contributed by atoms with Crippen LogP contribution < -0.4 is 0 Å². The third-order valence-electron chi connectivity index (χ3n) is 18.3. The van der Waals surface area contributed by atoms with Gasteiger partial charge in [0.1, 0.15) is 22.3 Å². The van der Waals surface area contributed by atoms with E-state index in [1.165, 1.54) is 38.5 Å². The van der Waals surface area contributed by atoms with Crippen molar-refractivity contribution in [2.45, 2.75) is 22.2 Å². The lowest BCUT2D eigenvalue weighted by Crippen LogP contribution is -1.90. The maximum atomic E-state index is 9.15. The van der Waals surface area contributed by atoms with Crippen LogP contribution in [0.2, 0.25) is 0 Å².